The molecule has 2 aromatic rings. The highest BCUT2D eigenvalue weighted by molar-refractivity contribution is 7.89. The average molecular weight is 392 g/mol. The number of aromatic carboxylic acids is 1. The molecule has 2 aromatic carbocycles. The summed E-state index contributed by atoms with van der Waals surface area (Å²) in [4.78, 5) is 11.3. The number of carboxylic acids is 1. The van der Waals surface area contributed by atoms with Crippen LogP contribution in [-0.2, 0) is 16.6 Å². The molecule has 0 aliphatic rings. The SMILES string of the molecule is CCN(CC)S(=O)(=O)c1ccc(OC)c(NCc2cccc(C(=O)O)c2)c1. The number of carboxylic acid groups (broad SMARTS) is 1. The molecule has 0 saturated carbocycles. The van der Waals surface area contributed by atoms with E-state index in [9.17, 15) is 13.2 Å². The Hall–Kier alpha value is -2.58. The second kappa shape index (κ2) is 8.88. The molecule has 27 heavy (non-hydrogen) atoms. The van der Waals surface area contributed by atoms with E-state index in [-0.39, 0.29) is 10.5 Å². The molecular formula is C19H24N2O5S. The topological polar surface area (TPSA) is 95.9 Å². The molecule has 0 aromatic heterocycles. The van der Waals surface area contributed by atoms with Crippen LogP contribution in [-0.4, -0.2) is 44.0 Å². The van der Waals surface area contributed by atoms with Gasteiger partial charge in [0.05, 0.1) is 23.3 Å². The Kier molecular flexibility index (Phi) is 6.81. The van der Waals surface area contributed by atoms with Crippen LogP contribution >= 0.6 is 0 Å². The zero-order valence-electron chi connectivity index (χ0n) is 15.6. The molecule has 0 atom stereocenters. The van der Waals surface area contributed by atoms with Gasteiger partial charge in [0.25, 0.3) is 0 Å². The second-order valence-electron chi connectivity index (χ2n) is 5.81. The molecule has 0 saturated heterocycles. The van der Waals surface area contributed by atoms with Gasteiger partial charge in [-0.25, -0.2) is 13.2 Å². The van der Waals surface area contributed by atoms with Crippen molar-refractivity contribution in [2.75, 3.05) is 25.5 Å². The first kappa shape index (κ1) is 20.7. The maximum absolute atomic E-state index is 12.7. The van der Waals surface area contributed by atoms with Crippen molar-refractivity contribution >= 4 is 21.7 Å². The lowest BCUT2D eigenvalue weighted by atomic mass is 10.1. The predicted octanol–water partition coefficient (Wildman–Crippen LogP) is 3.04. The molecule has 0 heterocycles. The standard InChI is InChI=1S/C19H24N2O5S/c1-4-21(5-2)27(24,25)16-9-10-18(26-3)17(12-16)20-13-14-7-6-8-15(11-14)19(22)23/h6-12,20H,4-5,13H2,1-3H3,(H,22,23). The van der Waals surface area contributed by atoms with Gasteiger partial charge in [-0.2, -0.15) is 4.31 Å². The van der Waals surface area contributed by atoms with Crippen LogP contribution in [0.25, 0.3) is 0 Å². The van der Waals surface area contributed by atoms with E-state index >= 15 is 0 Å². The maximum Gasteiger partial charge on any atom is 0.335 e. The minimum absolute atomic E-state index is 0.175. The van der Waals surface area contributed by atoms with Crippen molar-refractivity contribution in [1.82, 2.24) is 4.31 Å². The lowest BCUT2D eigenvalue weighted by Crippen LogP contribution is -2.30. The van der Waals surface area contributed by atoms with Gasteiger partial charge in [-0.15, -0.1) is 0 Å². The molecule has 7 nitrogen and oxygen atoms in total. The number of anilines is 1. The van der Waals surface area contributed by atoms with Crippen molar-refractivity contribution in [3.05, 3.63) is 53.6 Å². The lowest BCUT2D eigenvalue weighted by molar-refractivity contribution is 0.0696. The molecule has 0 unspecified atom stereocenters. The van der Waals surface area contributed by atoms with E-state index in [1.165, 1.54) is 29.6 Å². The molecular weight excluding hydrogens is 368 g/mol. The Labute approximate surface area is 159 Å². The van der Waals surface area contributed by atoms with Gasteiger partial charge in [0, 0.05) is 19.6 Å². The number of nitrogens with one attached hydrogen (secondary N) is 1. The number of methoxy groups -OCH3 is 1. The minimum atomic E-state index is -3.59. The number of nitrogens with zero attached hydrogens (tertiary/aromatic N) is 1. The highest BCUT2D eigenvalue weighted by Gasteiger charge is 2.22. The number of rotatable bonds is 9. The Morgan fingerprint density at radius 2 is 1.85 bits per heavy atom. The van der Waals surface area contributed by atoms with Crippen molar-refractivity contribution in [1.29, 1.82) is 0 Å². The summed E-state index contributed by atoms with van der Waals surface area (Å²) in [6, 6.07) is 11.2. The fourth-order valence-electron chi connectivity index (χ4n) is 2.71. The van der Waals surface area contributed by atoms with Crippen LogP contribution in [0, 0.1) is 0 Å². The first-order chi connectivity index (χ1) is 12.8. The fourth-order valence-corrected chi connectivity index (χ4v) is 4.19. The largest absolute Gasteiger partial charge is 0.495 e. The molecule has 8 heteroatoms. The normalized spacial score (nSPS) is 11.4. The summed E-state index contributed by atoms with van der Waals surface area (Å²) in [5.74, 6) is -0.496. The van der Waals surface area contributed by atoms with Crippen LogP contribution < -0.4 is 10.1 Å². The van der Waals surface area contributed by atoms with Gasteiger partial charge in [-0.05, 0) is 35.9 Å². The maximum atomic E-state index is 12.7. The summed E-state index contributed by atoms with van der Waals surface area (Å²) in [6.07, 6.45) is 0. The van der Waals surface area contributed by atoms with Crippen molar-refractivity contribution < 1.29 is 23.1 Å². The molecule has 0 aliphatic carbocycles. The van der Waals surface area contributed by atoms with Crippen molar-refractivity contribution in [3.63, 3.8) is 0 Å². The van der Waals surface area contributed by atoms with E-state index in [1.54, 1.807) is 38.1 Å². The molecule has 2 N–H and O–H groups in total. The summed E-state index contributed by atoms with van der Waals surface area (Å²) in [7, 11) is -2.09. The Morgan fingerprint density at radius 3 is 2.44 bits per heavy atom. The third kappa shape index (κ3) is 4.78. The van der Waals surface area contributed by atoms with Crippen molar-refractivity contribution in [2.24, 2.45) is 0 Å². The summed E-state index contributed by atoms with van der Waals surface area (Å²) >= 11 is 0. The average Bonchev–Trinajstić information content (AvgIpc) is 2.67. The molecule has 146 valence electrons. The van der Waals surface area contributed by atoms with Gasteiger partial charge in [0.2, 0.25) is 10.0 Å². The van der Waals surface area contributed by atoms with E-state index < -0.39 is 16.0 Å². The summed E-state index contributed by atoms with van der Waals surface area (Å²) in [5.41, 5.74) is 1.47. The van der Waals surface area contributed by atoms with E-state index in [0.717, 1.165) is 5.56 Å². The highest BCUT2D eigenvalue weighted by atomic mass is 32.2. The Bertz CT molecular complexity index is 908. The zero-order valence-corrected chi connectivity index (χ0v) is 16.4. The number of ether oxygens (including phenoxy) is 1. The predicted molar refractivity (Wildman–Crippen MR) is 104 cm³/mol. The fraction of sp³-hybridized carbons (Fsp3) is 0.316. The van der Waals surface area contributed by atoms with Gasteiger partial charge in [-0.3, -0.25) is 0 Å². The summed E-state index contributed by atoms with van der Waals surface area (Å²) in [5, 5.41) is 12.2. The molecule has 0 amide bonds. The number of hydrogen-bond donors (Lipinski definition) is 2. The third-order valence-electron chi connectivity index (χ3n) is 4.17. The molecule has 2 rings (SSSR count). The van der Waals surface area contributed by atoms with Crippen LogP contribution in [0.2, 0.25) is 0 Å². The van der Waals surface area contributed by atoms with Crippen molar-refractivity contribution in [3.8, 4) is 5.75 Å². The van der Waals surface area contributed by atoms with Gasteiger partial charge >= 0.3 is 5.97 Å². The van der Waals surface area contributed by atoms with Crippen molar-refractivity contribution in [2.45, 2.75) is 25.3 Å². The smallest absolute Gasteiger partial charge is 0.335 e. The first-order valence-corrected chi connectivity index (χ1v) is 10.0. The molecule has 0 bridgehead atoms. The van der Waals surface area contributed by atoms with Crippen LogP contribution in [0.5, 0.6) is 5.75 Å². The molecule has 0 radical (unpaired) electrons. The number of carbonyl (C=O) groups is 1. The van der Waals surface area contributed by atoms with Gasteiger partial charge in [-0.1, -0.05) is 26.0 Å². The minimum Gasteiger partial charge on any atom is -0.495 e. The van der Waals surface area contributed by atoms with Gasteiger partial charge in [0.15, 0.2) is 0 Å². The number of hydrogen-bond acceptors (Lipinski definition) is 5. The zero-order chi connectivity index (χ0) is 20.0. The molecule has 0 aliphatic heterocycles. The third-order valence-corrected chi connectivity index (χ3v) is 6.22. The Morgan fingerprint density at radius 1 is 1.15 bits per heavy atom. The second-order valence-corrected chi connectivity index (χ2v) is 7.75. The molecule has 0 spiro atoms. The van der Waals surface area contributed by atoms with E-state index in [4.69, 9.17) is 9.84 Å². The van der Waals surface area contributed by atoms with E-state index in [2.05, 4.69) is 5.32 Å². The van der Waals surface area contributed by atoms with Crippen LogP contribution in [0.4, 0.5) is 5.69 Å². The highest BCUT2D eigenvalue weighted by Crippen LogP contribution is 2.29. The first-order valence-electron chi connectivity index (χ1n) is 8.57. The summed E-state index contributed by atoms with van der Waals surface area (Å²) < 4.78 is 32.2. The lowest BCUT2D eigenvalue weighted by Gasteiger charge is -2.20. The van der Waals surface area contributed by atoms with Crippen LogP contribution in [0.15, 0.2) is 47.4 Å². The van der Waals surface area contributed by atoms with Gasteiger partial charge in [0.1, 0.15) is 5.75 Å². The van der Waals surface area contributed by atoms with Crippen LogP contribution in [0.1, 0.15) is 29.8 Å². The number of benzene rings is 2. The monoisotopic (exact) mass is 392 g/mol. The quantitative estimate of drug-likeness (QED) is 0.681. The van der Waals surface area contributed by atoms with Crippen LogP contribution in [0.3, 0.4) is 0 Å². The van der Waals surface area contributed by atoms with E-state index in [1.807, 2.05) is 0 Å². The van der Waals surface area contributed by atoms with E-state index in [0.29, 0.717) is 31.1 Å². The number of sulfonamides is 1. The molecule has 0 fully saturated rings. The van der Waals surface area contributed by atoms with Gasteiger partial charge < -0.3 is 15.2 Å². The summed E-state index contributed by atoms with van der Waals surface area (Å²) in [6.45, 7) is 4.68. The Balaban J connectivity index is 2.31.